The van der Waals surface area contributed by atoms with Crippen molar-refractivity contribution in [1.82, 2.24) is 20.2 Å². The summed E-state index contributed by atoms with van der Waals surface area (Å²) in [5.41, 5.74) is 5.08. The molecule has 0 bridgehead atoms. The van der Waals surface area contributed by atoms with Crippen molar-refractivity contribution >= 4 is 0 Å². The summed E-state index contributed by atoms with van der Waals surface area (Å²) in [6.45, 7) is 4.35. The maximum Gasteiger partial charge on any atom is 0.0640 e. The molecule has 0 aromatic carbocycles. The van der Waals surface area contributed by atoms with Crippen molar-refractivity contribution in [3.63, 3.8) is 0 Å². The Morgan fingerprint density at radius 1 is 1.29 bits per heavy atom. The summed E-state index contributed by atoms with van der Waals surface area (Å²) in [5.74, 6) is 5.67. The van der Waals surface area contributed by atoms with Crippen molar-refractivity contribution in [3.8, 4) is 0 Å². The average Bonchev–Trinajstić information content (AvgIpc) is 3.00. The summed E-state index contributed by atoms with van der Waals surface area (Å²) < 4.78 is 2.03. The molecule has 0 aliphatic rings. The molecule has 0 aliphatic carbocycles. The monoisotopic (exact) mass is 287 g/mol. The number of hydrazine groups is 1. The fraction of sp³-hybridized carbons (Fsp3) is 0.500. The molecule has 114 valence electrons. The molecule has 2 rings (SSSR count). The quantitative estimate of drug-likeness (QED) is 0.577. The highest BCUT2D eigenvalue weighted by Gasteiger charge is 2.11. The van der Waals surface area contributed by atoms with Gasteiger partial charge in [-0.05, 0) is 44.4 Å². The maximum absolute atomic E-state index is 5.67. The summed E-state index contributed by atoms with van der Waals surface area (Å²) in [7, 11) is 0. The zero-order valence-corrected chi connectivity index (χ0v) is 12.9. The molecule has 2 heterocycles. The smallest absolute Gasteiger partial charge is 0.0640 e. The molecule has 0 saturated carbocycles. The van der Waals surface area contributed by atoms with Gasteiger partial charge in [-0.2, -0.15) is 5.10 Å². The van der Waals surface area contributed by atoms with Gasteiger partial charge in [0.25, 0.3) is 0 Å². The van der Waals surface area contributed by atoms with Crippen LogP contribution in [-0.4, -0.2) is 20.8 Å². The number of nitrogens with zero attached hydrogens (tertiary/aromatic N) is 3. The average molecular weight is 287 g/mol. The first-order valence-electron chi connectivity index (χ1n) is 7.63. The Morgan fingerprint density at radius 3 is 2.81 bits per heavy atom. The van der Waals surface area contributed by atoms with Crippen LogP contribution in [-0.2, 0) is 12.8 Å². The molecule has 0 radical (unpaired) electrons. The van der Waals surface area contributed by atoms with Gasteiger partial charge in [0.05, 0.1) is 5.69 Å². The third kappa shape index (κ3) is 4.65. The lowest BCUT2D eigenvalue weighted by Gasteiger charge is -2.14. The van der Waals surface area contributed by atoms with Crippen LogP contribution in [0.5, 0.6) is 0 Å². The fourth-order valence-corrected chi connectivity index (χ4v) is 2.28. The van der Waals surface area contributed by atoms with Crippen LogP contribution >= 0.6 is 0 Å². The Balaban J connectivity index is 1.88. The van der Waals surface area contributed by atoms with Gasteiger partial charge in [-0.25, -0.2) is 0 Å². The van der Waals surface area contributed by atoms with Crippen molar-refractivity contribution < 1.29 is 0 Å². The lowest BCUT2D eigenvalue weighted by molar-refractivity contribution is 0.456. The summed E-state index contributed by atoms with van der Waals surface area (Å²) >= 11 is 0. The molecule has 3 N–H and O–H groups in total. The van der Waals surface area contributed by atoms with Crippen molar-refractivity contribution in [2.24, 2.45) is 5.84 Å². The molecule has 5 nitrogen and oxygen atoms in total. The minimum Gasteiger partial charge on any atom is -0.271 e. The van der Waals surface area contributed by atoms with E-state index >= 15 is 0 Å². The van der Waals surface area contributed by atoms with Crippen LogP contribution in [0.3, 0.4) is 0 Å². The van der Waals surface area contributed by atoms with Gasteiger partial charge < -0.3 is 0 Å². The van der Waals surface area contributed by atoms with Gasteiger partial charge in [-0.3, -0.25) is 20.9 Å². The van der Waals surface area contributed by atoms with Crippen molar-refractivity contribution in [2.75, 3.05) is 0 Å². The Bertz CT molecular complexity index is 522. The largest absolute Gasteiger partial charge is 0.271 e. The first-order valence-corrected chi connectivity index (χ1v) is 7.63. The third-order valence-corrected chi connectivity index (χ3v) is 3.87. The van der Waals surface area contributed by atoms with Gasteiger partial charge >= 0.3 is 0 Å². The Kier molecular flexibility index (Phi) is 5.90. The van der Waals surface area contributed by atoms with Gasteiger partial charge in [-0.15, -0.1) is 0 Å². The minimum absolute atomic E-state index is 0.215. The molecule has 2 unspecified atom stereocenters. The van der Waals surface area contributed by atoms with E-state index in [4.69, 9.17) is 5.84 Å². The van der Waals surface area contributed by atoms with Crippen molar-refractivity contribution in [2.45, 2.75) is 51.6 Å². The Labute approximate surface area is 126 Å². The van der Waals surface area contributed by atoms with Crippen LogP contribution in [0, 0.1) is 0 Å². The molecule has 0 amide bonds. The number of nitrogens with two attached hydrogens (primary N) is 1. The first-order chi connectivity index (χ1) is 10.2. The SMILES string of the molecule is CCC(C)n1ccc(CC(CCc2ccccn2)NN)n1. The normalized spacial score (nSPS) is 14.0. The number of rotatable bonds is 8. The zero-order valence-electron chi connectivity index (χ0n) is 12.9. The molecule has 2 atom stereocenters. The van der Waals surface area contributed by atoms with E-state index in [0.29, 0.717) is 6.04 Å². The van der Waals surface area contributed by atoms with Gasteiger partial charge in [-0.1, -0.05) is 13.0 Å². The number of aromatic nitrogens is 3. The van der Waals surface area contributed by atoms with E-state index in [2.05, 4.69) is 41.6 Å². The number of aryl methyl sites for hydroxylation is 1. The summed E-state index contributed by atoms with van der Waals surface area (Å²) in [5, 5.41) is 4.63. The number of pyridine rings is 1. The predicted octanol–water partition coefficient (Wildman–Crippen LogP) is 2.26. The number of nitrogens with one attached hydrogen (secondary N) is 1. The molecular weight excluding hydrogens is 262 g/mol. The lowest BCUT2D eigenvalue weighted by atomic mass is 10.0. The zero-order chi connectivity index (χ0) is 15.1. The molecular formula is C16H25N5. The maximum atomic E-state index is 5.67. The number of hydrogen-bond donors (Lipinski definition) is 2. The lowest BCUT2D eigenvalue weighted by Crippen LogP contribution is -2.37. The molecule has 2 aromatic rings. The van der Waals surface area contributed by atoms with Gasteiger partial charge in [0, 0.05) is 36.6 Å². The van der Waals surface area contributed by atoms with E-state index in [1.807, 2.05) is 29.1 Å². The highest BCUT2D eigenvalue weighted by atomic mass is 15.3. The van der Waals surface area contributed by atoms with E-state index in [9.17, 15) is 0 Å². The third-order valence-electron chi connectivity index (χ3n) is 3.87. The summed E-state index contributed by atoms with van der Waals surface area (Å²) in [6.07, 6.45) is 7.67. The van der Waals surface area contributed by atoms with Crippen LogP contribution in [0.2, 0.25) is 0 Å². The molecule has 2 aromatic heterocycles. The predicted molar refractivity (Wildman–Crippen MR) is 84.6 cm³/mol. The Hall–Kier alpha value is -1.72. The highest BCUT2D eigenvalue weighted by molar-refractivity contribution is 5.05. The van der Waals surface area contributed by atoms with Gasteiger partial charge in [0.1, 0.15) is 0 Å². The van der Waals surface area contributed by atoms with E-state index in [0.717, 1.165) is 37.1 Å². The number of hydrogen-bond acceptors (Lipinski definition) is 4. The van der Waals surface area contributed by atoms with Crippen LogP contribution in [0.4, 0.5) is 0 Å². The molecule has 0 spiro atoms. The molecule has 5 heteroatoms. The van der Waals surface area contributed by atoms with Crippen molar-refractivity contribution in [3.05, 3.63) is 48.0 Å². The first kappa shape index (κ1) is 15.7. The van der Waals surface area contributed by atoms with Crippen LogP contribution in [0.1, 0.15) is 44.1 Å². The second-order valence-electron chi connectivity index (χ2n) is 5.47. The Morgan fingerprint density at radius 2 is 2.14 bits per heavy atom. The molecule has 0 aliphatic heterocycles. The molecule has 0 fully saturated rings. The van der Waals surface area contributed by atoms with Crippen LogP contribution in [0.25, 0.3) is 0 Å². The van der Waals surface area contributed by atoms with E-state index in [1.54, 1.807) is 0 Å². The fourth-order valence-electron chi connectivity index (χ4n) is 2.28. The molecule has 21 heavy (non-hydrogen) atoms. The summed E-state index contributed by atoms with van der Waals surface area (Å²) in [4.78, 5) is 4.34. The second-order valence-corrected chi connectivity index (χ2v) is 5.47. The summed E-state index contributed by atoms with van der Waals surface area (Å²) in [6, 6.07) is 8.73. The van der Waals surface area contributed by atoms with E-state index in [1.165, 1.54) is 0 Å². The van der Waals surface area contributed by atoms with Crippen molar-refractivity contribution in [1.29, 1.82) is 0 Å². The van der Waals surface area contributed by atoms with Gasteiger partial charge in [0.2, 0.25) is 0 Å². The topological polar surface area (TPSA) is 68.8 Å². The molecule has 0 saturated heterocycles. The standard InChI is InChI=1S/C16H25N5/c1-3-13(2)21-11-9-16(20-21)12-15(19-17)8-7-14-6-4-5-10-18-14/h4-6,9-11,13,15,19H,3,7-8,12,17H2,1-2H3. The minimum atomic E-state index is 0.215. The van der Waals surface area contributed by atoms with E-state index < -0.39 is 0 Å². The van der Waals surface area contributed by atoms with E-state index in [-0.39, 0.29) is 6.04 Å². The highest BCUT2D eigenvalue weighted by Crippen LogP contribution is 2.11. The van der Waals surface area contributed by atoms with Crippen LogP contribution < -0.4 is 11.3 Å². The van der Waals surface area contributed by atoms with Crippen LogP contribution in [0.15, 0.2) is 36.7 Å². The van der Waals surface area contributed by atoms with Gasteiger partial charge in [0.15, 0.2) is 0 Å². The second kappa shape index (κ2) is 7.90.